The number of likely N-dealkylation sites (tertiary alicyclic amines) is 2. The minimum atomic E-state index is -1.43. The third kappa shape index (κ3) is 9.41. The van der Waals surface area contributed by atoms with Gasteiger partial charge in [0.1, 0.15) is 11.4 Å². The summed E-state index contributed by atoms with van der Waals surface area (Å²) in [4.78, 5) is 30.0. The van der Waals surface area contributed by atoms with Gasteiger partial charge in [0.2, 0.25) is 0 Å². The number of piperidine rings is 2. The van der Waals surface area contributed by atoms with Crippen LogP contribution in [0.1, 0.15) is 159 Å². The van der Waals surface area contributed by atoms with Gasteiger partial charge in [-0.3, -0.25) is 14.6 Å². The van der Waals surface area contributed by atoms with E-state index in [1.807, 2.05) is 6.92 Å². The van der Waals surface area contributed by atoms with E-state index in [1.54, 1.807) is 0 Å². The summed E-state index contributed by atoms with van der Waals surface area (Å²) in [6.07, 6.45) is 4.34. The van der Waals surface area contributed by atoms with Crippen molar-refractivity contribution >= 4 is 11.9 Å². The predicted molar refractivity (Wildman–Crippen MR) is 199 cm³/mol. The van der Waals surface area contributed by atoms with Gasteiger partial charge in [0, 0.05) is 28.6 Å². The average Bonchev–Trinajstić information content (AvgIpc) is 2.87. The van der Waals surface area contributed by atoms with Crippen LogP contribution in [0.2, 0.25) is 0 Å². The zero-order valence-electron chi connectivity index (χ0n) is 34.3. The van der Waals surface area contributed by atoms with Gasteiger partial charge >= 0.3 is 5.97 Å². The van der Waals surface area contributed by atoms with E-state index >= 15 is 0 Å². The molecule has 1 aromatic rings. The normalized spacial score (nSPS) is 23.3. The van der Waals surface area contributed by atoms with E-state index in [2.05, 4.69) is 133 Å². The zero-order chi connectivity index (χ0) is 37.9. The van der Waals surface area contributed by atoms with Crippen molar-refractivity contribution in [1.82, 2.24) is 9.80 Å². The Morgan fingerprint density at radius 3 is 1.43 bits per heavy atom. The highest BCUT2D eigenvalue weighted by molar-refractivity contribution is 5.89. The molecule has 0 spiro atoms. The second-order valence-electron chi connectivity index (χ2n) is 20.8. The number of carbonyl (C=O) groups is 2. The second-order valence-corrected chi connectivity index (χ2v) is 20.8. The number of carboxylic acid groups (broad SMARTS) is 1. The van der Waals surface area contributed by atoms with Crippen LogP contribution in [0, 0.1) is 17.8 Å². The van der Waals surface area contributed by atoms with E-state index in [4.69, 9.17) is 4.74 Å². The van der Waals surface area contributed by atoms with Crippen molar-refractivity contribution in [3.05, 3.63) is 28.8 Å². The monoisotopic (exact) mass is 684 g/mol. The average molecular weight is 684 g/mol. The van der Waals surface area contributed by atoms with Crippen LogP contribution in [-0.2, 0) is 31.6 Å². The van der Waals surface area contributed by atoms with E-state index in [0.717, 1.165) is 42.4 Å². The minimum Gasteiger partial charge on any atom is -0.550 e. The number of ether oxygens (including phenoxy) is 1. The maximum atomic E-state index is 13.3. The molecule has 0 aliphatic carbocycles. The molecule has 2 saturated heterocycles. The van der Waals surface area contributed by atoms with Gasteiger partial charge in [-0.2, -0.15) is 0 Å². The van der Waals surface area contributed by atoms with Crippen LogP contribution in [0.4, 0.5) is 0 Å². The number of carbonyl (C=O) groups excluding carboxylic acids is 2. The Bertz CT molecular complexity index is 1270. The highest BCUT2D eigenvalue weighted by Crippen LogP contribution is 2.53. The van der Waals surface area contributed by atoms with E-state index in [1.165, 1.54) is 0 Å². The summed E-state index contributed by atoms with van der Waals surface area (Å²) in [7, 11) is 4.48. The fourth-order valence-electron chi connectivity index (χ4n) is 9.67. The van der Waals surface area contributed by atoms with Crippen molar-refractivity contribution in [2.45, 2.75) is 187 Å². The molecular weight excluding hydrogens is 612 g/mol. The number of phenolic OH excluding ortho intramolecular Hbond substituents is 1. The molecule has 0 amide bonds. The Labute approximate surface area is 299 Å². The summed E-state index contributed by atoms with van der Waals surface area (Å²) in [6.45, 7) is 33.4. The number of aromatic hydroxyl groups is 1. The fraction of sp³-hybridized carbons (Fsp3) is 0.810. The number of hydrogen-bond acceptors (Lipinski definition) is 7. The summed E-state index contributed by atoms with van der Waals surface area (Å²) < 4.78 is 6.35. The summed E-state index contributed by atoms with van der Waals surface area (Å²) in [5.41, 5.74) is 0.957. The molecule has 2 fully saturated rings. The zero-order valence-corrected chi connectivity index (χ0v) is 34.3. The lowest BCUT2D eigenvalue weighted by atomic mass is 9.59. The minimum absolute atomic E-state index is 0.0244. The molecular formula is C42H71N2O5-. The molecule has 7 nitrogen and oxygen atoms in total. The smallest absolute Gasteiger partial charge is 0.312 e. The lowest BCUT2D eigenvalue weighted by Gasteiger charge is -2.59. The lowest BCUT2D eigenvalue weighted by Crippen LogP contribution is -2.62. The third-order valence-electron chi connectivity index (χ3n) is 12.6. The van der Waals surface area contributed by atoms with Crippen molar-refractivity contribution < 1.29 is 24.5 Å². The molecule has 0 bridgehead atoms. The molecule has 7 heteroatoms. The van der Waals surface area contributed by atoms with E-state index in [-0.39, 0.29) is 38.9 Å². The Hall–Kier alpha value is -2.12. The quantitative estimate of drug-likeness (QED) is 0.210. The topological polar surface area (TPSA) is 93.1 Å². The molecule has 2 aliphatic rings. The Kier molecular flexibility index (Phi) is 11.3. The molecule has 3 rings (SSSR count). The standard InChI is InChI=1S/C42H72N2O5/c1-36(2,3)31-18-27(19-32(35(31)48)37(4,5)6)21-42(15,49-34(47)20-33(45)46)26-30(28-22-38(7,8)43(16)39(9,10)23-28)29-24-40(11,12)44(17)41(13,14)25-29/h18-19,28-30,48H,20-26H2,1-17H3,(H,45,46)/p-1. The number of hydrogen-bond donors (Lipinski definition) is 1. The van der Waals surface area contributed by atoms with Crippen LogP contribution >= 0.6 is 0 Å². The van der Waals surface area contributed by atoms with Gasteiger partial charge in [0.25, 0.3) is 0 Å². The number of benzene rings is 1. The first-order valence-electron chi connectivity index (χ1n) is 18.6. The van der Waals surface area contributed by atoms with E-state index < -0.39 is 24.0 Å². The number of esters is 1. The van der Waals surface area contributed by atoms with Gasteiger partial charge in [-0.05, 0) is 154 Å². The molecule has 1 atom stereocenters. The van der Waals surface area contributed by atoms with Gasteiger partial charge in [0.15, 0.2) is 0 Å². The van der Waals surface area contributed by atoms with Crippen molar-refractivity contribution in [1.29, 1.82) is 0 Å². The Morgan fingerprint density at radius 1 is 0.776 bits per heavy atom. The Morgan fingerprint density at radius 2 is 1.12 bits per heavy atom. The van der Waals surface area contributed by atoms with Gasteiger partial charge in [0.05, 0.1) is 12.4 Å². The maximum Gasteiger partial charge on any atom is 0.312 e. The largest absolute Gasteiger partial charge is 0.550 e. The molecule has 0 saturated carbocycles. The van der Waals surface area contributed by atoms with Gasteiger partial charge < -0.3 is 19.7 Å². The summed E-state index contributed by atoms with van der Waals surface area (Å²) in [5.74, 6) is -0.923. The fourth-order valence-corrected chi connectivity index (χ4v) is 9.67. The Balaban J connectivity index is 2.24. The van der Waals surface area contributed by atoms with E-state index in [9.17, 15) is 19.8 Å². The molecule has 280 valence electrons. The summed E-state index contributed by atoms with van der Waals surface area (Å²) in [5, 5.41) is 23.1. The number of nitrogens with zero attached hydrogens (tertiary/aromatic N) is 2. The highest BCUT2D eigenvalue weighted by atomic mass is 16.6. The van der Waals surface area contributed by atoms with Crippen LogP contribution < -0.4 is 5.11 Å². The van der Waals surface area contributed by atoms with Gasteiger partial charge in [-0.15, -0.1) is 0 Å². The number of aliphatic carboxylic acids is 1. The molecule has 49 heavy (non-hydrogen) atoms. The SMILES string of the molecule is CN1C(C)(C)CC(C(CC(C)(Cc2cc(C(C)(C)C)c(O)c(C(C)(C)C)c2)OC(=O)CC(=O)[O-])C2CC(C)(C)N(C)C(C)(C)C2)CC1(C)C. The molecule has 2 heterocycles. The van der Waals surface area contributed by atoms with Crippen molar-refractivity contribution in [3.8, 4) is 5.75 Å². The number of carboxylic acids is 1. The van der Waals surface area contributed by atoms with Crippen molar-refractivity contribution in [2.24, 2.45) is 17.8 Å². The maximum absolute atomic E-state index is 13.3. The number of phenols is 1. The van der Waals surface area contributed by atoms with Gasteiger partial charge in [-0.25, -0.2) is 0 Å². The van der Waals surface area contributed by atoms with Crippen molar-refractivity contribution in [2.75, 3.05) is 14.1 Å². The van der Waals surface area contributed by atoms with Crippen LogP contribution in [0.3, 0.4) is 0 Å². The second kappa shape index (κ2) is 13.5. The molecule has 0 radical (unpaired) electrons. The van der Waals surface area contributed by atoms with Crippen LogP contribution in [0.5, 0.6) is 5.75 Å². The van der Waals surface area contributed by atoms with Crippen LogP contribution in [0.15, 0.2) is 12.1 Å². The first kappa shape index (κ1) is 41.3. The first-order chi connectivity index (χ1) is 21.8. The van der Waals surface area contributed by atoms with Gasteiger partial charge in [-0.1, -0.05) is 53.7 Å². The number of rotatable bonds is 9. The molecule has 1 aromatic carbocycles. The molecule has 1 unspecified atom stereocenters. The first-order valence-corrected chi connectivity index (χ1v) is 18.6. The summed E-state index contributed by atoms with van der Waals surface area (Å²) in [6, 6.07) is 4.13. The molecule has 1 N–H and O–H groups in total. The molecule has 2 aliphatic heterocycles. The van der Waals surface area contributed by atoms with Crippen molar-refractivity contribution in [3.63, 3.8) is 0 Å². The predicted octanol–water partition coefficient (Wildman–Crippen LogP) is 7.78. The molecule has 0 aromatic heterocycles. The summed E-state index contributed by atoms with van der Waals surface area (Å²) >= 11 is 0. The van der Waals surface area contributed by atoms with E-state index in [0.29, 0.717) is 30.4 Å². The third-order valence-corrected chi connectivity index (χ3v) is 12.6. The van der Waals surface area contributed by atoms with Crippen LogP contribution in [-0.4, -0.2) is 68.7 Å². The van der Waals surface area contributed by atoms with Crippen LogP contribution in [0.25, 0.3) is 0 Å². The lowest BCUT2D eigenvalue weighted by molar-refractivity contribution is -0.305. The highest BCUT2D eigenvalue weighted by Gasteiger charge is 2.52.